The Kier molecular flexibility index (Phi) is 14.7. The number of hydrogen-bond acceptors (Lipinski definition) is 11. The smallest absolute Gasteiger partial charge is 0.259 e. The van der Waals surface area contributed by atoms with Crippen LogP contribution in [0.2, 0.25) is 0 Å². The summed E-state index contributed by atoms with van der Waals surface area (Å²) in [6.45, 7) is 8.88. The fourth-order valence-electron chi connectivity index (χ4n) is 6.92. The maximum atomic E-state index is 13.2. The van der Waals surface area contributed by atoms with Crippen LogP contribution in [0.3, 0.4) is 0 Å². The number of aromatic nitrogens is 4. The largest absolute Gasteiger partial charge is 0.497 e. The highest BCUT2D eigenvalue weighted by Gasteiger charge is 2.40. The van der Waals surface area contributed by atoms with Gasteiger partial charge < -0.3 is 33.1 Å². The molecule has 1 unspecified atom stereocenters. The van der Waals surface area contributed by atoms with Gasteiger partial charge in [0.15, 0.2) is 17.0 Å². The minimum absolute atomic E-state index is 0.0596. The summed E-state index contributed by atoms with van der Waals surface area (Å²) in [7, 11) is 1.58. The van der Waals surface area contributed by atoms with E-state index in [0.29, 0.717) is 28.2 Å². The SMILES string of the molecule is COc1ccc(C(OC[C@@H](Cn2cnc3c(NC(=O)c4ccccc4)ncnc32)OP(OCCC#N)N(C(C)C)C(C)C)(c2ccccc2)c2ccc(OC)cc2)cc1. The van der Waals surface area contributed by atoms with Crippen molar-refractivity contribution in [2.24, 2.45) is 0 Å². The lowest BCUT2D eigenvalue weighted by molar-refractivity contribution is -0.0381. The van der Waals surface area contributed by atoms with Crippen LogP contribution in [0.5, 0.6) is 11.5 Å². The number of anilines is 1. The third-order valence-corrected chi connectivity index (χ3v) is 11.8. The Labute approximate surface area is 346 Å². The molecule has 0 bridgehead atoms. The molecular weight excluding hydrogens is 766 g/mol. The van der Waals surface area contributed by atoms with Crippen LogP contribution in [0.15, 0.2) is 122 Å². The van der Waals surface area contributed by atoms with E-state index in [9.17, 15) is 10.1 Å². The van der Waals surface area contributed by atoms with E-state index >= 15 is 0 Å². The second kappa shape index (κ2) is 20.3. The first-order chi connectivity index (χ1) is 28.7. The molecule has 1 amide bonds. The fraction of sp³-hybridized carbons (Fsp3) is 0.311. The number of methoxy groups -OCH3 is 2. The van der Waals surface area contributed by atoms with Gasteiger partial charge in [0, 0.05) is 17.6 Å². The molecule has 0 fully saturated rings. The van der Waals surface area contributed by atoms with Gasteiger partial charge in [-0.15, -0.1) is 0 Å². The Morgan fingerprint density at radius 3 is 1.95 bits per heavy atom. The summed E-state index contributed by atoms with van der Waals surface area (Å²) in [6, 6.07) is 37.0. The Bertz CT molecular complexity index is 2230. The highest BCUT2D eigenvalue weighted by molar-refractivity contribution is 7.44. The fourth-order valence-corrected chi connectivity index (χ4v) is 8.61. The number of ether oxygens (including phenoxy) is 3. The molecule has 1 N–H and O–H groups in total. The molecule has 0 radical (unpaired) electrons. The molecule has 0 saturated carbocycles. The summed E-state index contributed by atoms with van der Waals surface area (Å²) in [5.41, 5.74) is 2.91. The van der Waals surface area contributed by atoms with E-state index in [4.69, 9.17) is 23.3 Å². The summed E-state index contributed by atoms with van der Waals surface area (Å²) >= 11 is 0. The molecule has 2 atom stereocenters. The van der Waals surface area contributed by atoms with Crippen molar-refractivity contribution in [3.05, 3.63) is 144 Å². The average molecular weight is 816 g/mol. The molecule has 14 heteroatoms. The topological polar surface area (TPSA) is 146 Å². The van der Waals surface area contributed by atoms with E-state index in [2.05, 4.69) is 58.7 Å². The van der Waals surface area contributed by atoms with Crippen molar-refractivity contribution < 1.29 is 28.1 Å². The second-order valence-electron chi connectivity index (χ2n) is 14.2. The van der Waals surface area contributed by atoms with Crippen LogP contribution in [-0.2, 0) is 25.9 Å². The van der Waals surface area contributed by atoms with E-state index < -0.39 is 20.2 Å². The predicted octanol–water partition coefficient (Wildman–Crippen LogP) is 8.77. The summed E-state index contributed by atoms with van der Waals surface area (Å²) in [5.74, 6) is 1.39. The van der Waals surface area contributed by atoms with Crippen LogP contribution in [0.1, 0.15) is 61.2 Å². The summed E-state index contributed by atoms with van der Waals surface area (Å²) < 4.78 is 36.0. The number of rotatable bonds is 20. The van der Waals surface area contributed by atoms with E-state index in [-0.39, 0.29) is 50.0 Å². The molecule has 59 heavy (non-hydrogen) atoms. The number of nitriles is 1. The highest BCUT2D eigenvalue weighted by atomic mass is 31.2. The zero-order valence-electron chi connectivity index (χ0n) is 34.2. The molecule has 6 aromatic rings. The average Bonchev–Trinajstić information content (AvgIpc) is 3.68. The Balaban J connectivity index is 1.44. The third kappa shape index (κ3) is 10.1. The van der Waals surface area contributed by atoms with Crippen molar-refractivity contribution in [3.63, 3.8) is 0 Å². The molecule has 13 nitrogen and oxygen atoms in total. The van der Waals surface area contributed by atoms with Crippen molar-refractivity contribution in [3.8, 4) is 17.6 Å². The molecule has 306 valence electrons. The molecule has 4 aromatic carbocycles. The highest BCUT2D eigenvalue weighted by Crippen LogP contribution is 2.48. The quantitative estimate of drug-likeness (QED) is 0.0448. The number of nitrogens with one attached hydrogen (secondary N) is 1. The molecule has 2 aromatic heterocycles. The number of hydrogen-bond donors (Lipinski definition) is 1. The zero-order chi connectivity index (χ0) is 41.8. The standard InChI is InChI=1S/C45H50N7O6P/c1-32(2)52(33(3)4)59(57-27-13-26-46)58-40(28-51-31-49-41-42(47-30-48-43(41)51)50-44(53)34-14-9-7-10-15-34)29-56-45(35-16-11-8-12-17-35,36-18-22-38(54-5)23-19-36)37-20-24-39(55-6)25-21-37/h7-12,14-25,30-33,40H,13,27-29H2,1-6H3,(H,47,48,50,53)/t40-,59?/m1/s1. The van der Waals surface area contributed by atoms with Gasteiger partial charge >= 0.3 is 0 Å². The Hall–Kier alpha value is -5.74. The molecule has 6 rings (SSSR count). The molecular formula is C45H50N7O6P. The van der Waals surface area contributed by atoms with Crippen LogP contribution in [0.4, 0.5) is 5.82 Å². The lowest BCUT2D eigenvalue weighted by atomic mass is 9.80. The molecule has 0 aliphatic heterocycles. The molecule has 0 spiro atoms. The van der Waals surface area contributed by atoms with Crippen LogP contribution in [0, 0.1) is 11.3 Å². The van der Waals surface area contributed by atoms with Gasteiger partial charge in [-0.25, -0.2) is 19.6 Å². The third-order valence-electron chi connectivity index (χ3n) is 9.63. The van der Waals surface area contributed by atoms with E-state index in [1.54, 1.807) is 44.8 Å². The number of imidazole rings is 1. The van der Waals surface area contributed by atoms with Crippen molar-refractivity contribution in [2.75, 3.05) is 32.8 Å². The number of carbonyl (C=O) groups excluding carboxylic acids is 1. The van der Waals surface area contributed by atoms with Gasteiger partial charge in [0.05, 0.1) is 52.8 Å². The normalized spacial score (nSPS) is 12.7. The van der Waals surface area contributed by atoms with Gasteiger partial charge in [-0.3, -0.25) is 4.79 Å². The van der Waals surface area contributed by atoms with Crippen LogP contribution in [-0.4, -0.2) is 75.7 Å². The van der Waals surface area contributed by atoms with E-state index in [0.717, 1.165) is 16.7 Å². The number of benzene rings is 4. The number of fused-ring (bicyclic) bond motifs is 1. The molecule has 0 aliphatic carbocycles. The molecule has 0 saturated heterocycles. The lowest BCUT2D eigenvalue weighted by Gasteiger charge is -2.39. The monoisotopic (exact) mass is 815 g/mol. The number of nitrogens with zero attached hydrogens (tertiary/aromatic N) is 6. The van der Waals surface area contributed by atoms with Gasteiger partial charge in [0.1, 0.15) is 29.5 Å². The predicted molar refractivity (Wildman–Crippen MR) is 228 cm³/mol. The first-order valence-electron chi connectivity index (χ1n) is 19.4. The van der Waals surface area contributed by atoms with Crippen LogP contribution >= 0.6 is 8.53 Å². The van der Waals surface area contributed by atoms with E-state index in [1.165, 1.54) is 6.33 Å². The lowest BCUT2D eigenvalue weighted by Crippen LogP contribution is -2.39. The van der Waals surface area contributed by atoms with Crippen molar-refractivity contribution in [1.82, 2.24) is 24.2 Å². The van der Waals surface area contributed by atoms with Gasteiger partial charge in [0.2, 0.25) is 0 Å². The molecule has 2 heterocycles. The van der Waals surface area contributed by atoms with Gasteiger partial charge in [0.25, 0.3) is 14.4 Å². The van der Waals surface area contributed by atoms with Gasteiger partial charge in [-0.2, -0.15) is 5.26 Å². The van der Waals surface area contributed by atoms with E-state index in [1.807, 2.05) is 89.5 Å². The maximum Gasteiger partial charge on any atom is 0.259 e. The van der Waals surface area contributed by atoms with Crippen molar-refractivity contribution in [1.29, 1.82) is 5.26 Å². The van der Waals surface area contributed by atoms with Crippen molar-refractivity contribution >= 4 is 31.4 Å². The molecule has 0 aliphatic rings. The van der Waals surface area contributed by atoms with Gasteiger partial charge in [-0.1, -0.05) is 72.8 Å². The first kappa shape index (κ1) is 42.9. The van der Waals surface area contributed by atoms with Gasteiger partial charge in [-0.05, 0) is 80.8 Å². The zero-order valence-corrected chi connectivity index (χ0v) is 35.1. The number of amides is 1. The number of carbonyl (C=O) groups is 1. The summed E-state index contributed by atoms with van der Waals surface area (Å²) in [5, 5.41) is 12.3. The summed E-state index contributed by atoms with van der Waals surface area (Å²) in [6.07, 6.45) is 2.61. The van der Waals surface area contributed by atoms with Crippen molar-refractivity contribution in [2.45, 2.75) is 64.4 Å². The minimum Gasteiger partial charge on any atom is -0.497 e. The summed E-state index contributed by atoms with van der Waals surface area (Å²) in [4.78, 5) is 26.8. The maximum absolute atomic E-state index is 13.2. The Morgan fingerprint density at radius 2 is 1.39 bits per heavy atom. The Morgan fingerprint density at radius 1 is 0.814 bits per heavy atom. The second-order valence-corrected chi connectivity index (χ2v) is 15.6. The van der Waals surface area contributed by atoms with Crippen LogP contribution in [0.25, 0.3) is 11.2 Å². The minimum atomic E-state index is -1.70. The first-order valence-corrected chi connectivity index (χ1v) is 20.6. The van der Waals surface area contributed by atoms with Crippen LogP contribution < -0.4 is 14.8 Å².